The summed E-state index contributed by atoms with van der Waals surface area (Å²) >= 11 is 0. The number of amides is 2. The fourth-order valence-electron chi connectivity index (χ4n) is 4.50. The van der Waals surface area contributed by atoms with Gasteiger partial charge in [0.2, 0.25) is 11.8 Å². The molecule has 1 aromatic heterocycles. The van der Waals surface area contributed by atoms with Crippen molar-refractivity contribution in [2.24, 2.45) is 0 Å². The molecule has 2 aromatic rings. The Labute approximate surface area is 177 Å². The number of piperidine rings is 1. The van der Waals surface area contributed by atoms with Crippen LogP contribution in [0.4, 0.5) is 5.69 Å². The van der Waals surface area contributed by atoms with Crippen LogP contribution in [-0.4, -0.2) is 64.3 Å². The molecule has 1 N–H and O–H groups in total. The lowest BCUT2D eigenvalue weighted by atomic mass is 9.91. The molecule has 2 fully saturated rings. The number of carbonyl (C=O) groups excluding carboxylic acids is 2. The molecule has 0 spiro atoms. The van der Waals surface area contributed by atoms with Crippen molar-refractivity contribution in [1.82, 2.24) is 19.8 Å². The van der Waals surface area contributed by atoms with E-state index in [1.54, 1.807) is 12.4 Å². The number of hydrogen-bond donors (Lipinski definition) is 1. The van der Waals surface area contributed by atoms with Crippen LogP contribution in [-0.2, 0) is 9.59 Å². The molecule has 0 aliphatic carbocycles. The molecule has 0 radical (unpaired) electrons. The van der Waals surface area contributed by atoms with Crippen LogP contribution < -0.4 is 5.32 Å². The van der Waals surface area contributed by atoms with Crippen LogP contribution in [0.5, 0.6) is 0 Å². The minimum atomic E-state index is -0.0999. The standard InChI is InChI=1S/C23H29N5O2/c1-17(29)26-20-8-4-6-18(14-20)22-23(25-10-9-24-22)19-7-5-11-27(15-19)16-21(30)28-12-2-3-13-28/h4,6,8-10,14,19H,2-3,5,7,11-13,15-16H2,1H3,(H,26,29). The van der Waals surface area contributed by atoms with E-state index in [0.717, 1.165) is 74.5 Å². The van der Waals surface area contributed by atoms with E-state index in [1.807, 2.05) is 29.2 Å². The van der Waals surface area contributed by atoms with Gasteiger partial charge in [-0.1, -0.05) is 12.1 Å². The Bertz CT molecular complexity index is 910. The van der Waals surface area contributed by atoms with Gasteiger partial charge in [0.15, 0.2) is 0 Å². The quantitative estimate of drug-likeness (QED) is 0.825. The Morgan fingerprint density at radius 3 is 2.70 bits per heavy atom. The third kappa shape index (κ3) is 4.84. The summed E-state index contributed by atoms with van der Waals surface area (Å²) in [6.07, 6.45) is 7.77. The molecule has 2 amide bonds. The molecule has 2 saturated heterocycles. The van der Waals surface area contributed by atoms with Gasteiger partial charge >= 0.3 is 0 Å². The van der Waals surface area contributed by atoms with Crippen LogP contribution in [0.25, 0.3) is 11.3 Å². The number of aromatic nitrogens is 2. The molecular weight excluding hydrogens is 378 g/mol. The monoisotopic (exact) mass is 407 g/mol. The largest absolute Gasteiger partial charge is 0.342 e. The van der Waals surface area contributed by atoms with Crippen LogP contribution in [0, 0.1) is 0 Å². The zero-order valence-corrected chi connectivity index (χ0v) is 17.5. The van der Waals surface area contributed by atoms with Gasteiger partial charge in [0, 0.05) is 56.1 Å². The van der Waals surface area contributed by atoms with E-state index in [2.05, 4.69) is 20.2 Å². The lowest BCUT2D eigenvalue weighted by molar-refractivity contribution is -0.131. The number of benzene rings is 1. The Morgan fingerprint density at radius 2 is 1.90 bits per heavy atom. The smallest absolute Gasteiger partial charge is 0.236 e. The van der Waals surface area contributed by atoms with E-state index >= 15 is 0 Å². The predicted molar refractivity (Wildman–Crippen MR) is 116 cm³/mol. The summed E-state index contributed by atoms with van der Waals surface area (Å²) in [5, 5.41) is 2.83. The summed E-state index contributed by atoms with van der Waals surface area (Å²) in [5.41, 5.74) is 3.51. The molecular formula is C23H29N5O2. The molecule has 30 heavy (non-hydrogen) atoms. The van der Waals surface area contributed by atoms with Crippen LogP contribution in [0.1, 0.15) is 44.2 Å². The van der Waals surface area contributed by atoms with Crippen molar-refractivity contribution < 1.29 is 9.59 Å². The summed E-state index contributed by atoms with van der Waals surface area (Å²) in [7, 11) is 0. The van der Waals surface area contributed by atoms with Gasteiger partial charge < -0.3 is 10.2 Å². The van der Waals surface area contributed by atoms with Crippen LogP contribution in [0.2, 0.25) is 0 Å². The van der Waals surface area contributed by atoms with E-state index in [9.17, 15) is 9.59 Å². The lowest BCUT2D eigenvalue weighted by Crippen LogP contribution is -2.43. The third-order valence-corrected chi connectivity index (χ3v) is 5.89. The second-order valence-electron chi connectivity index (χ2n) is 8.21. The van der Waals surface area contributed by atoms with Gasteiger partial charge in [-0.2, -0.15) is 0 Å². The van der Waals surface area contributed by atoms with E-state index in [0.29, 0.717) is 6.54 Å². The molecule has 2 aliphatic heterocycles. The van der Waals surface area contributed by atoms with Crippen LogP contribution >= 0.6 is 0 Å². The van der Waals surface area contributed by atoms with Gasteiger partial charge in [-0.3, -0.25) is 24.5 Å². The Hall–Kier alpha value is -2.80. The van der Waals surface area contributed by atoms with Crippen molar-refractivity contribution >= 4 is 17.5 Å². The lowest BCUT2D eigenvalue weighted by Gasteiger charge is -2.33. The molecule has 7 heteroatoms. The number of carbonyl (C=O) groups is 2. The molecule has 1 atom stereocenters. The molecule has 0 bridgehead atoms. The number of likely N-dealkylation sites (tertiary alicyclic amines) is 2. The first-order valence-electron chi connectivity index (χ1n) is 10.8. The van der Waals surface area contributed by atoms with E-state index in [1.165, 1.54) is 6.92 Å². The maximum absolute atomic E-state index is 12.6. The topological polar surface area (TPSA) is 78.4 Å². The van der Waals surface area contributed by atoms with E-state index in [4.69, 9.17) is 0 Å². The highest BCUT2D eigenvalue weighted by Gasteiger charge is 2.28. The Balaban J connectivity index is 1.51. The van der Waals surface area contributed by atoms with Gasteiger partial charge in [-0.25, -0.2) is 0 Å². The van der Waals surface area contributed by atoms with Gasteiger partial charge in [0.1, 0.15) is 0 Å². The average Bonchev–Trinajstić information content (AvgIpc) is 3.29. The first-order valence-corrected chi connectivity index (χ1v) is 10.8. The normalized spacial score (nSPS) is 19.6. The number of rotatable bonds is 5. The maximum Gasteiger partial charge on any atom is 0.236 e. The Kier molecular flexibility index (Phi) is 6.38. The van der Waals surface area contributed by atoms with Crippen molar-refractivity contribution in [2.45, 2.75) is 38.5 Å². The zero-order valence-electron chi connectivity index (χ0n) is 17.5. The van der Waals surface area contributed by atoms with Gasteiger partial charge in [0.25, 0.3) is 0 Å². The molecule has 1 aromatic carbocycles. The van der Waals surface area contributed by atoms with Crippen molar-refractivity contribution in [3.63, 3.8) is 0 Å². The second-order valence-corrected chi connectivity index (χ2v) is 8.21. The van der Waals surface area contributed by atoms with Crippen molar-refractivity contribution in [2.75, 3.05) is 38.0 Å². The Morgan fingerprint density at radius 1 is 1.10 bits per heavy atom. The molecule has 158 valence electrons. The first kappa shape index (κ1) is 20.5. The fraction of sp³-hybridized carbons (Fsp3) is 0.478. The minimum Gasteiger partial charge on any atom is -0.342 e. The highest BCUT2D eigenvalue weighted by Crippen LogP contribution is 2.32. The number of hydrogen-bond acceptors (Lipinski definition) is 5. The molecule has 4 rings (SSSR count). The third-order valence-electron chi connectivity index (χ3n) is 5.89. The fourth-order valence-corrected chi connectivity index (χ4v) is 4.50. The van der Waals surface area contributed by atoms with E-state index < -0.39 is 0 Å². The van der Waals surface area contributed by atoms with Crippen LogP contribution in [0.15, 0.2) is 36.7 Å². The molecule has 0 saturated carbocycles. The summed E-state index contributed by atoms with van der Waals surface area (Å²) in [6.45, 7) is 5.55. The SMILES string of the molecule is CC(=O)Nc1cccc(-c2nccnc2C2CCCN(CC(=O)N3CCCC3)C2)c1. The van der Waals surface area contributed by atoms with Crippen molar-refractivity contribution in [3.05, 3.63) is 42.4 Å². The molecule has 7 nitrogen and oxygen atoms in total. The van der Waals surface area contributed by atoms with Gasteiger partial charge in [-0.15, -0.1) is 0 Å². The zero-order chi connectivity index (χ0) is 20.9. The minimum absolute atomic E-state index is 0.0999. The maximum atomic E-state index is 12.6. The second kappa shape index (κ2) is 9.34. The first-order chi connectivity index (χ1) is 14.6. The van der Waals surface area contributed by atoms with E-state index in [-0.39, 0.29) is 17.7 Å². The molecule has 1 unspecified atom stereocenters. The predicted octanol–water partition coefficient (Wildman–Crippen LogP) is 2.90. The summed E-state index contributed by atoms with van der Waals surface area (Å²) in [6, 6.07) is 7.72. The number of anilines is 1. The number of nitrogens with zero attached hydrogens (tertiary/aromatic N) is 4. The van der Waals surface area contributed by atoms with Crippen molar-refractivity contribution in [1.29, 1.82) is 0 Å². The summed E-state index contributed by atoms with van der Waals surface area (Å²) in [5.74, 6) is 0.380. The molecule has 2 aliphatic rings. The highest BCUT2D eigenvalue weighted by molar-refractivity contribution is 5.89. The van der Waals surface area contributed by atoms with Gasteiger partial charge in [0.05, 0.1) is 17.9 Å². The van der Waals surface area contributed by atoms with Crippen LogP contribution in [0.3, 0.4) is 0 Å². The summed E-state index contributed by atoms with van der Waals surface area (Å²) < 4.78 is 0. The number of nitrogens with one attached hydrogen (secondary N) is 1. The highest BCUT2D eigenvalue weighted by atomic mass is 16.2. The van der Waals surface area contributed by atoms with Crippen molar-refractivity contribution in [3.8, 4) is 11.3 Å². The summed E-state index contributed by atoms with van der Waals surface area (Å²) in [4.78, 5) is 37.6. The van der Waals surface area contributed by atoms with Gasteiger partial charge in [-0.05, 0) is 44.4 Å². The molecule has 3 heterocycles. The average molecular weight is 408 g/mol.